The summed E-state index contributed by atoms with van der Waals surface area (Å²) in [6.45, 7) is 3.96. The molecule has 0 aliphatic carbocycles. The van der Waals surface area contributed by atoms with E-state index in [2.05, 4.69) is 10.1 Å². The van der Waals surface area contributed by atoms with E-state index in [0.29, 0.717) is 5.90 Å². The van der Waals surface area contributed by atoms with Crippen molar-refractivity contribution in [2.24, 2.45) is 10.1 Å². The molecular formula is C12H14N4O5. The molecule has 21 heavy (non-hydrogen) atoms. The third-order valence-electron chi connectivity index (χ3n) is 2.76. The number of carbonyl (C=O) groups excluding carboxylic acids is 1. The highest BCUT2D eigenvalue weighted by Gasteiger charge is 2.25. The Morgan fingerprint density at radius 1 is 1.67 bits per heavy atom. The summed E-state index contributed by atoms with van der Waals surface area (Å²) in [7, 11) is 0. The third-order valence-corrected chi connectivity index (χ3v) is 2.76. The second-order valence-corrected chi connectivity index (χ2v) is 4.36. The first-order valence-corrected chi connectivity index (χ1v) is 6.33. The Labute approximate surface area is 120 Å². The van der Waals surface area contributed by atoms with Crippen molar-refractivity contribution in [3.63, 3.8) is 0 Å². The molecule has 0 saturated heterocycles. The molecule has 2 rings (SSSR count). The molecule has 1 atom stereocenters. The van der Waals surface area contributed by atoms with E-state index >= 15 is 0 Å². The van der Waals surface area contributed by atoms with E-state index in [1.54, 1.807) is 0 Å². The molecule has 0 saturated carbocycles. The molecule has 1 aromatic heterocycles. The number of amides is 2. The van der Waals surface area contributed by atoms with Crippen LogP contribution in [-0.4, -0.2) is 40.7 Å². The van der Waals surface area contributed by atoms with Crippen LogP contribution in [0, 0.1) is 10.1 Å². The number of hydrogen-bond acceptors (Lipinski definition) is 6. The Bertz CT molecular complexity index is 607. The highest BCUT2D eigenvalue weighted by Crippen LogP contribution is 2.15. The lowest BCUT2D eigenvalue weighted by Crippen LogP contribution is -2.23. The molecule has 0 N–H and O–H groups in total. The first kappa shape index (κ1) is 14.7. The van der Waals surface area contributed by atoms with Crippen molar-refractivity contribution in [3.8, 4) is 0 Å². The maximum atomic E-state index is 11.6. The molecule has 2 amide bonds. The van der Waals surface area contributed by atoms with Crippen LogP contribution in [0.1, 0.15) is 26.0 Å². The second-order valence-electron chi connectivity index (χ2n) is 4.36. The Morgan fingerprint density at radius 2 is 2.43 bits per heavy atom. The fourth-order valence-corrected chi connectivity index (χ4v) is 1.50. The van der Waals surface area contributed by atoms with Crippen LogP contribution < -0.4 is 0 Å². The third kappa shape index (κ3) is 3.65. The van der Waals surface area contributed by atoms with E-state index in [-0.39, 0.29) is 24.3 Å². The highest BCUT2D eigenvalue weighted by atomic mass is 16.6. The summed E-state index contributed by atoms with van der Waals surface area (Å²) in [5.41, 5.74) is 0. The van der Waals surface area contributed by atoms with Gasteiger partial charge in [0.25, 0.3) is 0 Å². The van der Waals surface area contributed by atoms with E-state index in [9.17, 15) is 14.9 Å². The molecule has 0 aromatic carbocycles. The minimum absolute atomic E-state index is 0.0341. The van der Waals surface area contributed by atoms with Crippen LogP contribution in [0.2, 0.25) is 0 Å². The minimum Gasteiger partial charge on any atom is -0.476 e. The Hall–Kier alpha value is -2.71. The lowest BCUT2D eigenvalue weighted by atomic mass is 10.3. The van der Waals surface area contributed by atoms with Crippen LogP contribution >= 0.6 is 0 Å². The van der Waals surface area contributed by atoms with Gasteiger partial charge in [-0.25, -0.2) is 9.80 Å². The summed E-state index contributed by atoms with van der Waals surface area (Å²) >= 11 is 0. The van der Waals surface area contributed by atoms with Crippen LogP contribution in [0.15, 0.2) is 26.6 Å². The van der Waals surface area contributed by atoms with Crippen molar-refractivity contribution in [2.45, 2.75) is 26.4 Å². The number of aliphatic imine (C=N–C) groups is 1. The number of carbonyl (C=O) groups is 1. The van der Waals surface area contributed by atoms with Gasteiger partial charge in [0.05, 0.1) is 18.4 Å². The van der Waals surface area contributed by atoms with E-state index in [1.165, 1.54) is 18.3 Å². The Balaban J connectivity index is 1.96. The smallest absolute Gasteiger partial charge is 0.433 e. The molecule has 0 radical (unpaired) electrons. The largest absolute Gasteiger partial charge is 0.476 e. The van der Waals surface area contributed by atoms with Crippen LogP contribution in [-0.2, 0) is 4.74 Å². The van der Waals surface area contributed by atoms with Crippen molar-refractivity contribution in [2.75, 3.05) is 6.54 Å². The number of furan rings is 1. The molecule has 112 valence electrons. The number of rotatable bonds is 5. The van der Waals surface area contributed by atoms with Gasteiger partial charge in [-0.1, -0.05) is 6.92 Å². The zero-order valence-corrected chi connectivity index (χ0v) is 11.6. The molecule has 1 aromatic rings. The monoisotopic (exact) mass is 294 g/mol. The van der Waals surface area contributed by atoms with E-state index in [1.807, 2.05) is 13.8 Å². The van der Waals surface area contributed by atoms with Gasteiger partial charge in [-0.2, -0.15) is 10.1 Å². The summed E-state index contributed by atoms with van der Waals surface area (Å²) in [5, 5.41) is 15.4. The first-order chi connectivity index (χ1) is 9.99. The predicted octanol–water partition coefficient (Wildman–Crippen LogP) is 2.17. The fraction of sp³-hybridized carbons (Fsp3) is 0.417. The first-order valence-electron chi connectivity index (χ1n) is 6.33. The summed E-state index contributed by atoms with van der Waals surface area (Å²) in [6, 6.07) is 2.05. The van der Waals surface area contributed by atoms with Gasteiger partial charge in [-0.05, 0) is 19.4 Å². The number of hydrogen-bond donors (Lipinski definition) is 0. The average molecular weight is 294 g/mol. The number of urea groups is 1. The van der Waals surface area contributed by atoms with Crippen molar-refractivity contribution < 1.29 is 18.9 Å². The second kappa shape index (κ2) is 6.16. The molecule has 0 fully saturated rings. The van der Waals surface area contributed by atoms with Crippen molar-refractivity contribution in [1.82, 2.24) is 5.01 Å². The summed E-state index contributed by atoms with van der Waals surface area (Å²) in [4.78, 5) is 25.1. The van der Waals surface area contributed by atoms with Gasteiger partial charge in [-0.3, -0.25) is 10.1 Å². The van der Waals surface area contributed by atoms with Gasteiger partial charge in [0.15, 0.2) is 5.76 Å². The van der Waals surface area contributed by atoms with Crippen LogP contribution in [0.5, 0.6) is 0 Å². The number of nitrogens with zero attached hydrogens (tertiary/aromatic N) is 4. The Morgan fingerprint density at radius 3 is 3.05 bits per heavy atom. The summed E-state index contributed by atoms with van der Waals surface area (Å²) in [5.74, 6) is 0.0870. The molecule has 0 bridgehead atoms. The van der Waals surface area contributed by atoms with Gasteiger partial charge in [0.2, 0.25) is 5.90 Å². The standard InChI is InChI=1S/C12H14N4O5/c1-3-8(2)20-10-7-15(12(17)14-10)13-6-9-4-5-11(21-9)16(18)19/h4-6,8H,3,7H2,1-2H3. The molecule has 2 heterocycles. The Kier molecular flexibility index (Phi) is 4.31. The maximum absolute atomic E-state index is 11.6. The van der Waals surface area contributed by atoms with Crippen LogP contribution in [0.25, 0.3) is 0 Å². The lowest BCUT2D eigenvalue weighted by Gasteiger charge is -2.12. The lowest BCUT2D eigenvalue weighted by molar-refractivity contribution is -0.402. The van der Waals surface area contributed by atoms with Gasteiger partial charge in [-0.15, -0.1) is 0 Å². The van der Waals surface area contributed by atoms with Gasteiger partial charge in [0.1, 0.15) is 11.5 Å². The van der Waals surface area contributed by atoms with E-state index in [4.69, 9.17) is 9.15 Å². The molecular weight excluding hydrogens is 280 g/mol. The van der Waals surface area contributed by atoms with E-state index < -0.39 is 11.0 Å². The molecule has 1 aliphatic heterocycles. The SMILES string of the molecule is CCC(C)OC1=NC(=O)N(N=Cc2ccc([N+](=O)[O-])o2)C1. The van der Waals surface area contributed by atoms with Gasteiger partial charge in [0, 0.05) is 0 Å². The zero-order valence-electron chi connectivity index (χ0n) is 11.6. The van der Waals surface area contributed by atoms with Crippen LogP contribution in [0.4, 0.5) is 10.7 Å². The van der Waals surface area contributed by atoms with Crippen molar-refractivity contribution in [3.05, 3.63) is 28.0 Å². The molecule has 9 heteroatoms. The van der Waals surface area contributed by atoms with Crippen LogP contribution in [0.3, 0.4) is 0 Å². The van der Waals surface area contributed by atoms with Crippen molar-refractivity contribution >= 4 is 24.0 Å². The van der Waals surface area contributed by atoms with E-state index in [0.717, 1.165) is 11.4 Å². The number of ether oxygens (including phenoxy) is 1. The fourth-order valence-electron chi connectivity index (χ4n) is 1.50. The predicted molar refractivity (Wildman–Crippen MR) is 73.3 cm³/mol. The average Bonchev–Trinajstić information content (AvgIpc) is 3.03. The molecule has 0 spiro atoms. The normalized spacial score (nSPS) is 16.4. The number of nitro groups is 1. The summed E-state index contributed by atoms with van der Waals surface area (Å²) in [6.07, 6.45) is 1.98. The topological polar surface area (TPSA) is 111 Å². The quantitative estimate of drug-likeness (QED) is 0.469. The molecule has 1 unspecified atom stereocenters. The highest BCUT2D eigenvalue weighted by molar-refractivity contribution is 5.98. The summed E-state index contributed by atoms with van der Waals surface area (Å²) < 4.78 is 10.3. The molecule has 9 nitrogen and oxygen atoms in total. The number of hydrazone groups is 1. The van der Waals surface area contributed by atoms with Gasteiger partial charge < -0.3 is 9.15 Å². The molecule has 1 aliphatic rings. The minimum atomic E-state index is -0.653. The van der Waals surface area contributed by atoms with Crippen molar-refractivity contribution in [1.29, 1.82) is 0 Å². The maximum Gasteiger partial charge on any atom is 0.433 e. The van der Waals surface area contributed by atoms with Gasteiger partial charge >= 0.3 is 11.9 Å². The zero-order chi connectivity index (χ0) is 15.4.